The van der Waals surface area contributed by atoms with Gasteiger partial charge >= 0.3 is 5.97 Å². The summed E-state index contributed by atoms with van der Waals surface area (Å²) in [6.45, 7) is 0.392. The molecule has 8 heteroatoms. The quantitative estimate of drug-likeness (QED) is 0.704. The van der Waals surface area contributed by atoms with Crippen LogP contribution in [0, 0.1) is 5.92 Å². The van der Waals surface area contributed by atoms with Crippen molar-refractivity contribution in [1.29, 1.82) is 0 Å². The van der Waals surface area contributed by atoms with Gasteiger partial charge in [0, 0.05) is 6.54 Å². The normalized spacial score (nSPS) is 16.8. The number of nitrogens with two attached hydrogens (primary N) is 1. The number of hydrogen-bond acceptors (Lipinski definition) is 5. The Morgan fingerprint density at radius 1 is 1.38 bits per heavy atom. The summed E-state index contributed by atoms with van der Waals surface area (Å²) in [5.41, 5.74) is 5.58. The van der Waals surface area contributed by atoms with Crippen molar-refractivity contribution in [2.75, 3.05) is 23.8 Å². The van der Waals surface area contributed by atoms with Crippen LogP contribution in [0.4, 0.5) is 5.69 Å². The number of hydrogen-bond donors (Lipinski definition) is 3. The maximum Gasteiger partial charge on any atom is 0.335 e. The van der Waals surface area contributed by atoms with E-state index in [4.69, 9.17) is 10.8 Å². The molecule has 0 amide bonds. The van der Waals surface area contributed by atoms with Gasteiger partial charge in [0.1, 0.15) is 4.90 Å². The van der Waals surface area contributed by atoms with Crippen molar-refractivity contribution in [3.8, 4) is 0 Å². The van der Waals surface area contributed by atoms with Crippen molar-refractivity contribution in [2.45, 2.75) is 17.7 Å². The van der Waals surface area contributed by atoms with E-state index in [2.05, 4.69) is 4.72 Å². The molecular weight excluding hydrogens is 312 g/mol. The molecule has 21 heavy (non-hydrogen) atoms. The molecule has 1 aromatic carbocycles. The van der Waals surface area contributed by atoms with Crippen molar-refractivity contribution in [1.82, 2.24) is 4.72 Å². The molecule has 0 aromatic heterocycles. The summed E-state index contributed by atoms with van der Waals surface area (Å²) in [6.07, 6.45) is 2.00. The first-order valence-corrected chi connectivity index (χ1v) is 9.24. The second kappa shape index (κ2) is 6.67. The van der Waals surface area contributed by atoms with E-state index in [0.717, 1.165) is 30.4 Å². The van der Waals surface area contributed by atoms with Gasteiger partial charge in [-0.3, -0.25) is 0 Å². The Bertz CT molecular complexity index is 625. The Morgan fingerprint density at radius 2 is 2.05 bits per heavy atom. The van der Waals surface area contributed by atoms with Gasteiger partial charge in [-0.1, -0.05) is 0 Å². The van der Waals surface area contributed by atoms with Gasteiger partial charge in [0.25, 0.3) is 0 Å². The maximum absolute atomic E-state index is 12.2. The third-order valence-corrected chi connectivity index (χ3v) is 6.00. The molecule has 1 saturated heterocycles. The highest BCUT2D eigenvalue weighted by Gasteiger charge is 2.21. The predicted molar refractivity (Wildman–Crippen MR) is 83.1 cm³/mol. The standard InChI is InChI=1S/C13H18N2O4S2/c14-11-7-10(13(16)17)1-2-12(11)21(18,19)15-8-9-3-5-20-6-4-9/h1-2,7,9,15H,3-6,8,14H2,(H,16,17). The molecule has 1 fully saturated rings. The molecule has 0 spiro atoms. The van der Waals surface area contributed by atoms with E-state index in [1.165, 1.54) is 12.1 Å². The number of nitrogen functional groups attached to an aromatic ring is 1. The highest BCUT2D eigenvalue weighted by molar-refractivity contribution is 7.99. The minimum atomic E-state index is -3.71. The Balaban J connectivity index is 2.10. The van der Waals surface area contributed by atoms with Crippen LogP contribution in [0.3, 0.4) is 0 Å². The van der Waals surface area contributed by atoms with Crippen LogP contribution in [0.1, 0.15) is 23.2 Å². The molecule has 1 aliphatic rings. The second-order valence-electron chi connectivity index (χ2n) is 4.97. The van der Waals surface area contributed by atoms with E-state index in [9.17, 15) is 13.2 Å². The van der Waals surface area contributed by atoms with Crippen LogP contribution < -0.4 is 10.5 Å². The Labute approximate surface area is 128 Å². The van der Waals surface area contributed by atoms with Crippen LogP contribution in [0.25, 0.3) is 0 Å². The van der Waals surface area contributed by atoms with Gasteiger partial charge in [0.05, 0.1) is 11.3 Å². The zero-order valence-electron chi connectivity index (χ0n) is 11.4. The highest BCUT2D eigenvalue weighted by Crippen LogP contribution is 2.24. The number of anilines is 1. The molecule has 1 heterocycles. The molecule has 0 atom stereocenters. The zero-order valence-corrected chi connectivity index (χ0v) is 13.0. The molecule has 0 saturated carbocycles. The van der Waals surface area contributed by atoms with E-state index in [1.807, 2.05) is 11.8 Å². The fraction of sp³-hybridized carbons (Fsp3) is 0.462. The summed E-state index contributed by atoms with van der Waals surface area (Å²) in [7, 11) is -3.71. The number of carbonyl (C=O) groups is 1. The first-order chi connectivity index (χ1) is 9.90. The molecule has 2 rings (SSSR count). The lowest BCUT2D eigenvalue weighted by Crippen LogP contribution is -2.31. The Kier molecular flexibility index (Phi) is 5.13. The van der Waals surface area contributed by atoms with Gasteiger partial charge in [-0.25, -0.2) is 17.9 Å². The van der Waals surface area contributed by atoms with Crippen molar-refractivity contribution in [2.24, 2.45) is 5.92 Å². The monoisotopic (exact) mass is 330 g/mol. The maximum atomic E-state index is 12.2. The second-order valence-corrected chi connectivity index (χ2v) is 7.93. The van der Waals surface area contributed by atoms with Crippen LogP contribution in [0.5, 0.6) is 0 Å². The molecule has 1 aromatic rings. The Hall–Kier alpha value is -1.25. The lowest BCUT2D eigenvalue weighted by molar-refractivity contribution is 0.0697. The van der Waals surface area contributed by atoms with Gasteiger partial charge in [-0.2, -0.15) is 11.8 Å². The number of nitrogens with one attached hydrogen (secondary N) is 1. The minimum Gasteiger partial charge on any atom is -0.478 e. The zero-order chi connectivity index (χ0) is 15.5. The number of carboxylic acid groups (broad SMARTS) is 1. The third kappa shape index (κ3) is 4.12. The Morgan fingerprint density at radius 3 is 2.62 bits per heavy atom. The van der Waals surface area contributed by atoms with Crippen molar-refractivity contribution in [3.05, 3.63) is 23.8 Å². The molecule has 0 radical (unpaired) electrons. The van der Waals surface area contributed by atoms with Gasteiger partial charge in [-0.15, -0.1) is 0 Å². The number of rotatable bonds is 5. The van der Waals surface area contributed by atoms with E-state index >= 15 is 0 Å². The van der Waals surface area contributed by atoms with E-state index < -0.39 is 16.0 Å². The lowest BCUT2D eigenvalue weighted by Gasteiger charge is -2.21. The average molecular weight is 330 g/mol. The number of carboxylic acids is 1. The summed E-state index contributed by atoms with van der Waals surface area (Å²) >= 11 is 1.88. The van der Waals surface area contributed by atoms with E-state index in [-0.39, 0.29) is 16.1 Å². The molecular formula is C13H18N2O4S2. The molecule has 1 aliphatic heterocycles. The van der Waals surface area contributed by atoms with Crippen LogP contribution in [0.15, 0.2) is 23.1 Å². The molecule has 0 unspecified atom stereocenters. The van der Waals surface area contributed by atoms with Crippen LogP contribution in [-0.2, 0) is 10.0 Å². The van der Waals surface area contributed by atoms with Gasteiger partial charge < -0.3 is 10.8 Å². The van der Waals surface area contributed by atoms with Gasteiger partial charge in [0.15, 0.2) is 0 Å². The summed E-state index contributed by atoms with van der Waals surface area (Å²) in [5, 5.41) is 8.85. The lowest BCUT2D eigenvalue weighted by atomic mass is 10.0. The first-order valence-electron chi connectivity index (χ1n) is 6.60. The summed E-state index contributed by atoms with van der Waals surface area (Å²) in [4.78, 5) is 10.8. The van der Waals surface area contributed by atoms with Gasteiger partial charge in [0.2, 0.25) is 10.0 Å². The number of benzene rings is 1. The molecule has 0 bridgehead atoms. The SMILES string of the molecule is Nc1cc(C(=O)O)ccc1S(=O)(=O)NCC1CCSCC1. The summed E-state index contributed by atoms with van der Waals surface area (Å²) in [6, 6.07) is 3.64. The molecule has 4 N–H and O–H groups in total. The van der Waals surface area contributed by atoms with Crippen LogP contribution in [0.2, 0.25) is 0 Å². The first kappa shape index (κ1) is 16.1. The largest absolute Gasteiger partial charge is 0.478 e. The topological polar surface area (TPSA) is 109 Å². The fourth-order valence-corrected chi connectivity index (χ4v) is 4.61. The van der Waals surface area contributed by atoms with Crippen molar-refractivity contribution >= 4 is 33.4 Å². The molecule has 0 aliphatic carbocycles. The predicted octanol–water partition coefficient (Wildman–Crippen LogP) is 1.39. The van der Waals surface area contributed by atoms with E-state index in [1.54, 1.807) is 0 Å². The number of thioether (sulfide) groups is 1. The smallest absolute Gasteiger partial charge is 0.335 e. The van der Waals surface area contributed by atoms with Crippen LogP contribution in [-0.4, -0.2) is 37.5 Å². The van der Waals surface area contributed by atoms with Crippen molar-refractivity contribution in [3.63, 3.8) is 0 Å². The highest BCUT2D eigenvalue weighted by atomic mass is 32.2. The summed E-state index contributed by atoms with van der Waals surface area (Å²) in [5.74, 6) is 1.32. The average Bonchev–Trinajstić information content (AvgIpc) is 2.46. The fourth-order valence-electron chi connectivity index (χ4n) is 2.18. The van der Waals surface area contributed by atoms with E-state index in [0.29, 0.717) is 12.5 Å². The van der Waals surface area contributed by atoms with Crippen LogP contribution >= 0.6 is 11.8 Å². The summed E-state index contributed by atoms with van der Waals surface area (Å²) < 4.78 is 27.0. The number of sulfonamides is 1. The molecule has 6 nitrogen and oxygen atoms in total. The third-order valence-electron chi connectivity index (χ3n) is 3.45. The molecule has 116 valence electrons. The van der Waals surface area contributed by atoms with Crippen molar-refractivity contribution < 1.29 is 18.3 Å². The number of aromatic carboxylic acids is 1. The minimum absolute atomic E-state index is 0.0317. The van der Waals surface area contributed by atoms with Gasteiger partial charge in [-0.05, 0) is 48.5 Å².